The maximum Gasteiger partial charge on any atom is 0.251 e. The van der Waals surface area contributed by atoms with Gasteiger partial charge in [-0.25, -0.2) is 9.37 Å². The Morgan fingerprint density at radius 2 is 1.78 bits per heavy atom. The Morgan fingerprint density at radius 1 is 1.05 bits per heavy atom. The second kappa shape index (κ2) is 10.5. The maximum atomic E-state index is 15.3. The Bertz CT molecular complexity index is 1330. The van der Waals surface area contributed by atoms with Crippen LogP contribution in [-0.4, -0.2) is 64.4 Å². The number of amides is 2. The second-order valence-electron chi connectivity index (χ2n) is 13.0. The van der Waals surface area contributed by atoms with E-state index in [1.165, 1.54) is 44.6 Å². The predicted octanol–water partition coefficient (Wildman–Crippen LogP) is 4.98. The first-order chi connectivity index (χ1) is 19.9. The molecule has 2 saturated heterocycles. The average molecular weight is 562 g/mol. The zero-order valence-electron chi connectivity index (χ0n) is 23.8. The van der Waals surface area contributed by atoms with Crippen LogP contribution >= 0.6 is 0 Å². The van der Waals surface area contributed by atoms with Crippen LogP contribution in [0.5, 0.6) is 0 Å². The van der Waals surface area contributed by atoms with E-state index in [4.69, 9.17) is 4.98 Å². The maximum absolute atomic E-state index is 15.3. The third-order valence-corrected chi connectivity index (χ3v) is 10.3. The van der Waals surface area contributed by atoms with Crippen LogP contribution in [0.3, 0.4) is 0 Å². The third kappa shape index (κ3) is 5.15. The van der Waals surface area contributed by atoms with Crippen LogP contribution in [0, 0.1) is 11.2 Å². The van der Waals surface area contributed by atoms with E-state index in [1.807, 2.05) is 0 Å². The van der Waals surface area contributed by atoms with Gasteiger partial charge in [0.1, 0.15) is 11.5 Å². The molecular formula is C31H40FN7O2. The number of halogens is 1. The van der Waals surface area contributed by atoms with Crippen LogP contribution < -0.4 is 20.9 Å². The van der Waals surface area contributed by atoms with Gasteiger partial charge in [-0.3, -0.25) is 9.59 Å². The lowest BCUT2D eigenvalue weighted by atomic mass is 9.82. The molecule has 4 fully saturated rings. The Labute approximate surface area is 240 Å². The van der Waals surface area contributed by atoms with Gasteiger partial charge >= 0.3 is 0 Å². The van der Waals surface area contributed by atoms with Gasteiger partial charge in [-0.15, -0.1) is 0 Å². The molecule has 2 amide bonds. The number of nitrogens with one attached hydrogen (secondary N) is 3. The number of aromatic nitrogens is 2. The Kier molecular flexibility index (Phi) is 6.84. The molecule has 2 aromatic rings. The van der Waals surface area contributed by atoms with Gasteiger partial charge in [0.2, 0.25) is 11.9 Å². The van der Waals surface area contributed by atoms with E-state index in [0.717, 1.165) is 38.5 Å². The minimum Gasteiger partial charge on any atom is -0.351 e. The fraction of sp³-hybridized carbons (Fsp3) is 0.613. The minimum atomic E-state index is -0.536. The number of piperidine rings is 2. The highest BCUT2D eigenvalue weighted by Gasteiger charge is 2.53. The topological polar surface area (TPSA) is 102 Å². The Morgan fingerprint density at radius 3 is 2.49 bits per heavy atom. The minimum absolute atomic E-state index is 0.0460. The van der Waals surface area contributed by atoms with Crippen molar-refractivity contribution in [3.63, 3.8) is 0 Å². The number of hydrogen-bond donors (Lipinski definition) is 3. The molecule has 1 aromatic carbocycles. The normalized spacial score (nSPS) is 27.5. The van der Waals surface area contributed by atoms with Crippen LogP contribution in [0.25, 0.3) is 0 Å². The third-order valence-electron chi connectivity index (χ3n) is 10.3. The molecule has 4 heterocycles. The zero-order chi connectivity index (χ0) is 28.1. The van der Waals surface area contributed by atoms with Gasteiger partial charge in [0.25, 0.3) is 5.91 Å². The molecule has 9 nitrogen and oxygen atoms in total. The first-order valence-electron chi connectivity index (χ1n) is 15.4. The number of benzene rings is 1. The highest BCUT2D eigenvalue weighted by atomic mass is 19.1. The average Bonchev–Trinajstić information content (AvgIpc) is 3.77. The summed E-state index contributed by atoms with van der Waals surface area (Å²) in [5.74, 6) is 0.234. The van der Waals surface area contributed by atoms with Crippen LogP contribution in [-0.2, 0) is 4.79 Å². The number of anilines is 4. The molecular weight excluding hydrogens is 521 g/mol. The zero-order valence-corrected chi connectivity index (χ0v) is 23.8. The molecule has 7 rings (SSSR count). The summed E-state index contributed by atoms with van der Waals surface area (Å²) >= 11 is 0. The van der Waals surface area contributed by atoms with E-state index in [1.54, 1.807) is 18.3 Å². The first-order valence-corrected chi connectivity index (χ1v) is 15.4. The number of hydrogen-bond acceptors (Lipinski definition) is 7. The second-order valence-corrected chi connectivity index (χ2v) is 13.0. The molecule has 2 saturated carbocycles. The van der Waals surface area contributed by atoms with Crippen LogP contribution in [0.4, 0.5) is 27.5 Å². The van der Waals surface area contributed by atoms with Gasteiger partial charge in [0.15, 0.2) is 5.82 Å². The van der Waals surface area contributed by atoms with Crippen molar-refractivity contribution < 1.29 is 14.0 Å². The van der Waals surface area contributed by atoms with Gasteiger partial charge in [-0.05, 0) is 76.6 Å². The molecule has 1 spiro atoms. The Balaban J connectivity index is 1.07. The number of nitrogens with zero attached hydrogens (tertiary/aromatic N) is 4. The first kappa shape index (κ1) is 26.6. The predicted molar refractivity (Wildman–Crippen MR) is 156 cm³/mol. The molecule has 0 radical (unpaired) electrons. The molecule has 218 valence electrons. The summed E-state index contributed by atoms with van der Waals surface area (Å²) in [4.78, 5) is 40.0. The standard InChI is InChI=1S/C31H40FN7O2/c1-38-22-8-5-9-23(38)16-20(15-22)34-28(40)19-10-11-25(24(32)14-19)36-30-33-17-26-27(37-30)39(21-6-3-2-4-7-21)18-31(12-13-31)29(41)35-26/h10-11,14,17,20-23H,2-9,12-13,15-16,18H2,1H3,(H,34,40)(H,35,41)(H,33,36,37)/t20-,22+,23-. The lowest BCUT2D eigenvalue weighted by molar-refractivity contribution is -0.120. The number of rotatable bonds is 5. The number of fused-ring (bicyclic) bond motifs is 3. The van der Waals surface area contributed by atoms with E-state index in [9.17, 15) is 9.59 Å². The molecule has 5 aliphatic rings. The SMILES string of the molecule is CN1[C@@H]2CCC[C@H]1C[C@@H](NC(=O)c1ccc(Nc3ncc4c(n3)N(C3CCCCC3)CC3(CC3)C(=O)N4)c(F)c1)C2. The van der Waals surface area contributed by atoms with E-state index in [2.05, 4.69) is 37.8 Å². The summed E-state index contributed by atoms with van der Waals surface area (Å²) in [6.07, 6.45) is 14.6. The van der Waals surface area contributed by atoms with Crippen molar-refractivity contribution in [3.05, 3.63) is 35.8 Å². The smallest absolute Gasteiger partial charge is 0.251 e. The summed E-state index contributed by atoms with van der Waals surface area (Å²) in [6.45, 7) is 0.657. The van der Waals surface area contributed by atoms with Crippen molar-refractivity contribution in [1.82, 2.24) is 20.2 Å². The molecule has 2 aliphatic carbocycles. The molecule has 3 atom stereocenters. The highest BCUT2D eigenvalue weighted by molar-refractivity contribution is 6.01. The molecule has 3 aliphatic heterocycles. The summed E-state index contributed by atoms with van der Waals surface area (Å²) in [5.41, 5.74) is 0.776. The lowest BCUT2D eigenvalue weighted by Gasteiger charge is -2.47. The van der Waals surface area contributed by atoms with Gasteiger partial charge in [-0.1, -0.05) is 25.7 Å². The van der Waals surface area contributed by atoms with Gasteiger partial charge in [-0.2, -0.15) is 4.98 Å². The fourth-order valence-corrected chi connectivity index (χ4v) is 7.58. The molecule has 41 heavy (non-hydrogen) atoms. The molecule has 1 aromatic heterocycles. The van der Waals surface area contributed by atoms with Crippen molar-refractivity contribution in [2.45, 2.75) is 101 Å². The summed E-state index contributed by atoms with van der Waals surface area (Å²) in [7, 11) is 2.19. The largest absolute Gasteiger partial charge is 0.351 e. The number of carbonyl (C=O) groups is 2. The monoisotopic (exact) mass is 561 g/mol. The highest BCUT2D eigenvalue weighted by Crippen LogP contribution is 2.51. The van der Waals surface area contributed by atoms with E-state index in [-0.39, 0.29) is 34.9 Å². The van der Waals surface area contributed by atoms with Crippen LogP contribution in [0.2, 0.25) is 0 Å². The lowest BCUT2D eigenvalue weighted by Crippen LogP contribution is -2.55. The van der Waals surface area contributed by atoms with Crippen LogP contribution in [0.1, 0.15) is 87.4 Å². The molecule has 3 N–H and O–H groups in total. The quantitative estimate of drug-likeness (QED) is 0.473. The molecule has 2 bridgehead atoms. The van der Waals surface area contributed by atoms with Crippen molar-refractivity contribution in [2.75, 3.05) is 29.1 Å². The van der Waals surface area contributed by atoms with Crippen molar-refractivity contribution in [2.24, 2.45) is 5.41 Å². The molecule has 10 heteroatoms. The van der Waals surface area contributed by atoms with Gasteiger partial charge in [0.05, 0.1) is 17.3 Å². The van der Waals surface area contributed by atoms with Gasteiger partial charge in [0, 0.05) is 36.3 Å². The van der Waals surface area contributed by atoms with E-state index >= 15 is 4.39 Å². The van der Waals surface area contributed by atoms with Crippen molar-refractivity contribution >= 4 is 35.0 Å². The fourth-order valence-electron chi connectivity index (χ4n) is 7.58. The van der Waals surface area contributed by atoms with Crippen molar-refractivity contribution in [3.8, 4) is 0 Å². The molecule has 0 unspecified atom stereocenters. The van der Waals surface area contributed by atoms with Gasteiger partial charge < -0.3 is 25.8 Å². The summed E-state index contributed by atoms with van der Waals surface area (Å²) in [6, 6.07) is 5.96. The number of carbonyl (C=O) groups excluding carboxylic acids is 2. The van der Waals surface area contributed by atoms with Crippen molar-refractivity contribution in [1.29, 1.82) is 0 Å². The van der Waals surface area contributed by atoms with E-state index in [0.29, 0.717) is 41.7 Å². The summed E-state index contributed by atoms with van der Waals surface area (Å²) in [5, 5.41) is 9.23. The van der Waals surface area contributed by atoms with Crippen LogP contribution in [0.15, 0.2) is 24.4 Å². The van der Waals surface area contributed by atoms with E-state index < -0.39 is 5.82 Å². The summed E-state index contributed by atoms with van der Waals surface area (Å²) < 4.78 is 15.3. The Hall–Kier alpha value is -3.27.